The molecule has 0 saturated heterocycles. The van der Waals surface area contributed by atoms with E-state index in [1.165, 1.54) is 29.5 Å². The molecule has 1 nitrogen and oxygen atoms in total. The van der Waals surface area contributed by atoms with Gasteiger partial charge in [-0.05, 0) is 48.3 Å². The fourth-order valence-electron chi connectivity index (χ4n) is 3.20. The summed E-state index contributed by atoms with van der Waals surface area (Å²) >= 11 is 0. The summed E-state index contributed by atoms with van der Waals surface area (Å²) < 4.78 is 0. The zero-order valence-corrected chi connectivity index (χ0v) is 11.5. The van der Waals surface area contributed by atoms with E-state index >= 15 is 0 Å². The number of pyridine rings is 1. The molecule has 1 atom stereocenters. The zero-order valence-electron chi connectivity index (χ0n) is 11.5. The number of rotatable bonds is 0. The molecule has 94 valence electrons. The van der Waals surface area contributed by atoms with Crippen molar-refractivity contribution in [1.82, 2.24) is 4.98 Å². The van der Waals surface area contributed by atoms with Crippen molar-refractivity contribution in [2.75, 3.05) is 0 Å². The number of aromatic nitrogens is 1. The predicted molar refractivity (Wildman–Crippen MR) is 76.9 cm³/mol. The van der Waals surface area contributed by atoms with Crippen molar-refractivity contribution >= 4 is 10.9 Å². The van der Waals surface area contributed by atoms with E-state index in [1.54, 1.807) is 0 Å². The monoisotopic (exact) mass is 239 g/mol. The number of hydrogen-bond acceptors (Lipinski definition) is 1. The highest BCUT2D eigenvalue weighted by Gasteiger charge is 2.31. The van der Waals surface area contributed by atoms with Crippen LogP contribution in [0.1, 0.15) is 50.8 Å². The van der Waals surface area contributed by atoms with Crippen LogP contribution in [0.15, 0.2) is 30.3 Å². The zero-order chi connectivity index (χ0) is 12.8. The Kier molecular flexibility index (Phi) is 2.65. The molecule has 1 unspecified atom stereocenters. The minimum Gasteiger partial charge on any atom is -0.253 e. The molecule has 0 spiro atoms. The van der Waals surface area contributed by atoms with Crippen LogP contribution in [0, 0.1) is 5.41 Å². The van der Waals surface area contributed by atoms with Crippen molar-refractivity contribution in [3.63, 3.8) is 0 Å². The van der Waals surface area contributed by atoms with Crippen LogP contribution in [0.25, 0.3) is 10.9 Å². The van der Waals surface area contributed by atoms with Crippen molar-refractivity contribution < 1.29 is 0 Å². The molecule has 0 N–H and O–H groups in total. The van der Waals surface area contributed by atoms with Gasteiger partial charge in [0.05, 0.1) is 5.52 Å². The van der Waals surface area contributed by atoms with Gasteiger partial charge in [0, 0.05) is 11.1 Å². The molecule has 2 aromatic rings. The Hall–Kier alpha value is -1.37. The molecule has 3 rings (SSSR count). The lowest BCUT2D eigenvalue weighted by molar-refractivity contribution is 0.288. The fraction of sp³-hybridized carbons (Fsp3) is 0.471. The highest BCUT2D eigenvalue weighted by Crippen LogP contribution is 2.43. The molecule has 1 aromatic heterocycles. The molecule has 1 heterocycles. The third-order valence-electron chi connectivity index (χ3n) is 4.16. The highest BCUT2D eigenvalue weighted by molar-refractivity contribution is 5.79. The molecular weight excluding hydrogens is 218 g/mol. The quantitative estimate of drug-likeness (QED) is 0.649. The topological polar surface area (TPSA) is 12.9 Å². The van der Waals surface area contributed by atoms with Crippen LogP contribution in [-0.4, -0.2) is 4.98 Å². The smallest absolute Gasteiger partial charge is 0.0705 e. The maximum absolute atomic E-state index is 4.88. The summed E-state index contributed by atoms with van der Waals surface area (Å²) in [7, 11) is 0. The number of para-hydroxylation sites is 1. The molecule has 18 heavy (non-hydrogen) atoms. The van der Waals surface area contributed by atoms with Crippen LogP contribution in [0.5, 0.6) is 0 Å². The predicted octanol–water partition coefficient (Wildman–Crippen LogP) is 4.70. The van der Waals surface area contributed by atoms with E-state index in [1.807, 2.05) is 0 Å². The molecule has 0 fully saturated rings. The molecule has 1 heteroatoms. The molecule has 0 saturated carbocycles. The van der Waals surface area contributed by atoms with E-state index in [4.69, 9.17) is 4.98 Å². The van der Waals surface area contributed by atoms with Gasteiger partial charge < -0.3 is 0 Å². The van der Waals surface area contributed by atoms with Gasteiger partial charge in [0.1, 0.15) is 0 Å². The number of nitrogens with zero attached hydrogens (tertiary/aromatic N) is 1. The van der Waals surface area contributed by atoms with Gasteiger partial charge in [0.2, 0.25) is 0 Å². The molecule has 1 aliphatic rings. The summed E-state index contributed by atoms with van der Waals surface area (Å²) in [6.45, 7) is 7.05. The summed E-state index contributed by atoms with van der Waals surface area (Å²) in [5.41, 5.74) is 4.30. The Morgan fingerprint density at radius 3 is 2.72 bits per heavy atom. The van der Waals surface area contributed by atoms with Gasteiger partial charge in [-0.15, -0.1) is 0 Å². The molecule has 0 bridgehead atoms. The first kappa shape index (κ1) is 11.7. The van der Waals surface area contributed by atoms with Crippen molar-refractivity contribution in [3.05, 3.63) is 41.6 Å². The van der Waals surface area contributed by atoms with E-state index in [2.05, 4.69) is 51.1 Å². The third kappa shape index (κ3) is 1.92. The van der Waals surface area contributed by atoms with Crippen LogP contribution in [0.3, 0.4) is 0 Å². The molecular formula is C17H21N. The van der Waals surface area contributed by atoms with Gasteiger partial charge in [-0.2, -0.15) is 0 Å². The minimum atomic E-state index is 0.333. The average Bonchev–Trinajstić information content (AvgIpc) is 2.34. The summed E-state index contributed by atoms with van der Waals surface area (Å²) in [5, 5.41) is 1.28. The number of fused-ring (bicyclic) bond motifs is 2. The Balaban J connectivity index is 2.19. The van der Waals surface area contributed by atoms with Gasteiger partial charge in [-0.3, -0.25) is 4.98 Å². The molecule has 0 amide bonds. The third-order valence-corrected chi connectivity index (χ3v) is 4.16. The van der Waals surface area contributed by atoms with Crippen molar-refractivity contribution in [1.29, 1.82) is 0 Å². The van der Waals surface area contributed by atoms with Gasteiger partial charge >= 0.3 is 0 Å². The lowest BCUT2D eigenvalue weighted by Gasteiger charge is -2.35. The Morgan fingerprint density at radius 1 is 1.17 bits per heavy atom. The number of aryl methyl sites for hydroxylation is 1. The highest BCUT2D eigenvalue weighted by atomic mass is 14.7. The lowest BCUT2D eigenvalue weighted by atomic mass is 9.70. The van der Waals surface area contributed by atoms with E-state index in [0.29, 0.717) is 11.3 Å². The van der Waals surface area contributed by atoms with Gasteiger partial charge in [0.25, 0.3) is 0 Å². The van der Waals surface area contributed by atoms with Crippen molar-refractivity contribution in [2.24, 2.45) is 5.41 Å². The van der Waals surface area contributed by atoms with Crippen LogP contribution in [-0.2, 0) is 6.42 Å². The first-order valence-electron chi connectivity index (χ1n) is 6.94. The Bertz CT molecular complexity index is 578. The van der Waals surface area contributed by atoms with Crippen LogP contribution < -0.4 is 0 Å². The summed E-state index contributed by atoms with van der Waals surface area (Å²) in [4.78, 5) is 4.88. The molecule has 1 aromatic carbocycles. The van der Waals surface area contributed by atoms with Crippen LogP contribution in [0.4, 0.5) is 0 Å². The van der Waals surface area contributed by atoms with E-state index in [-0.39, 0.29) is 0 Å². The Morgan fingerprint density at radius 2 is 1.94 bits per heavy atom. The normalized spacial score (nSPS) is 19.8. The second-order valence-electron chi connectivity index (χ2n) is 6.53. The average molecular weight is 239 g/mol. The minimum absolute atomic E-state index is 0.333. The maximum Gasteiger partial charge on any atom is 0.0705 e. The van der Waals surface area contributed by atoms with Gasteiger partial charge in [-0.1, -0.05) is 39.0 Å². The fourth-order valence-corrected chi connectivity index (χ4v) is 3.20. The molecule has 0 radical (unpaired) electrons. The van der Waals surface area contributed by atoms with E-state index in [9.17, 15) is 0 Å². The maximum atomic E-state index is 4.88. The second kappa shape index (κ2) is 4.08. The standard InChI is InChI=1S/C17H21N/c1-17(2,3)14-8-6-10-16-13(14)11-12-7-4-5-9-15(12)18-16/h4-5,7,9,11,14H,6,8,10H2,1-3H3. The molecule has 0 aliphatic heterocycles. The SMILES string of the molecule is CC(C)(C)C1CCCc2nc3ccccc3cc21. The van der Waals surface area contributed by atoms with E-state index < -0.39 is 0 Å². The number of benzene rings is 1. The van der Waals surface area contributed by atoms with Crippen molar-refractivity contribution in [3.8, 4) is 0 Å². The largest absolute Gasteiger partial charge is 0.253 e. The van der Waals surface area contributed by atoms with Crippen molar-refractivity contribution in [2.45, 2.75) is 46.0 Å². The molecule has 1 aliphatic carbocycles. The lowest BCUT2D eigenvalue weighted by Crippen LogP contribution is -2.23. The van der Waals surface area contributed by atoms with Crippen LogP contribution in [0.2, 0.25) is 0 Å². The number of hydrogen-bond donors (Lipinski definition) is 0. The van der Waals surface area contributed by atoms with Gasteiger partial charge in [-0.25, -0.2) is 0 Å². The van der Waals surface area contributed by atoms with Crippen LogP contribution >= 0.6 is 0 Å². The summed E-state index contributed by atoms with van der Waals surface area (Å²) in [6, 6.07) is 10.9. The first-order valence-corrected chi connectivity index (χ1v) is 6.94. The van der Waals surface area contributed by atoms with E-state index in [0.717, 1.165) is 11.9 Å². The van der Waals surface area contributed by atoms with Gasteiger partial charge in [0.15, 0.2) is 0 Å². The summed E-state index contributed by atoms with van der Waals surface area (Å²) in [5.74, 6) is 0.651. The summed E-state index contributed by atoms with van der Waals surface area (Å²) in [6.07, 6.45) is 3.73. The second-order valence-corrected chi connectivity index (χ2v) is 6.53. The first-order chi connectivity index (χ1) is 8.55. The Labute approximate surface area is 109 Å².